The summed E-state index contributed by atoms with van der Waals surface area (Å²) in [6, 6.07) is 7.76. The van der Waals surface area contributed by atoms with Crippen molar-refractivity contribution in [2.24, 2.45) is 0 Å². The fourth-order valence-corrected chi connectivity index (χ4v) is 2.86. The van der Waals surface area contributed by atoms with E-state index in [0.29, 0.717) is 10.6 Å². The first-order chi connectivity index (χ1) is 8.63. The molecule has 0 aromatic carbocycles. The van der Waals surface area contributed by atoms with Gasteiger partial charge in [0.1, 0.15) is 6.07 Å². The molecule has 0 radical (unpaired) electrons. The molecule has 4 heteroatoms. The third kappa shape index (κ3) is 2.45. The van der Waals surface area contributed by atoms with E-state index < -0.39 is 0 Å². The van der Waals surface area contributed by atoms with Gasteiger partial charge in [-0.1, -0.05) is 11.6 Å². The van der Waals surface area contributed by atoms with Crippen LogP contribution in [0.2, 0.25) is 0 Å². The van der Waals surface area contributed by atoms with Gasteiger partial charge < -0.3 is 0 Å². The number of thiophene rings is 1. The summed E-state index contributed by atoms with van der Waals surface area (Å²) in [6.45, 7) is 4.09. The largest absolute Gasteiger partial charge is 0.265 e. The van der Waals surface area contributed by atoms with Crippen LogP contribution >= 0.6 is 22.9 Å². The number of nitrogens with zero attached hydrogens (tertiary/aromatic N) is 2. The standard InChI is InChI=1S/C14H11ClN2S/c1-9-7-13(18-10(9)2)14(15)12(8-16)11-3-5-17-6-4-11/h3-7H,1-2H3/b14-12+. The van der Waals surface area contributed by atoms with Crippen molar-refractivity contribution in [2.75, 3.05) is 0 Å². The lowest BCUT2D eigenvalue weighted by atomic mass is 10.1. The normalized spacial score (nSPS) is 11.9. The minimum atomic E-state index is 0.486. The quantitative estimate of drug-likeness (QED) is 0.762. The van der Waals surface area contributed by atoms with Crippen LogP contribution in [0.4, 0.5) is 0 Å². The molecule has 0 spiro atoms. The SMILES string of the molecule is Cc1cc(/C(Cl)=C(/C#N)c2ccncc2)sc1C. The van der Waals surface area contributed by atoms with Crippen molar-refractivity contribution < 1.29 is 0 Å². The average molecular weight is 275 g/mol. The van der Waals surface area contributed by atoms with E-state index in [4.69, 9.17) is 11.6 Å². The van der Waals surface area contributed by atoms with Crippen LogP contribution in [0.15, 0.2) is 30.6 Å². The van der Waals surface area contributed by atoms with Crippen molar-refractivity contribution in [3.63, 3.8) is 0 Å². The number of aromatic nitrogens is 1. The van der Waals surface area contributed by atoms with Gasteiger partial charge in [-0.3, -0.25) is 4.98 Å². The highest BCUT2D eigenvalue weighted by atomic mass is 35.5. The Hall–Kier alpha value is -1.63. The number of pyridine rings is 1. The topological polar surface area (TPSA) is 36.7 Å². The summed E-state index contributed by atoms with van der Waals surface area (Å²) in [6.07, 6.45) is 3.31. The number of halogens is 1. The zero-order valence-corrected chi connectivity index (χ0v) is 11.6. The number of rotatable bonds is 2. The van der Waals surface area contributed by atoms with Gasteiger partial charge >= 0.3 is 0 Å². The van der Waals surface area contributed by atoms with Crippen molar-refractivity contribution in [1.82, 2.24) is 4.98 Å². The molecule has 2 aromatic heterocycles. The predicted octanol–water partition coefficient (Wildman–Crippen LogP) is 4.39. The Morgan fingerprint density at radius 3 is 2.50 bits per heavy atom. The van der Waals surface area contributed by atoms with E-state index in [-0.39, 0.29) is 0 Å². The van der Waals surface area contributed by atoms with Crippen molar-refractivity contribution in [2.45, 2.75) is 13.8 Å². The Kier molecular flexibility index (Phi) is 3.81. The summed E-state index contributed by atoms with van der Waals surface area (Å²) in [5.74, 6) is 0. The molecular formula is C14H11ClN2S. The molecule has 0 amide bonds. The molecule has 0 unspecified atom stereocenters. The number of hydrogen-bond acceptors (Lipinski definition) is 3. The van der Waals surface area contributed by atoms with Gasteiger partial charge in [-0.05, 0) is 43.2 Å². The van der Waals surface area contributed by atoms with Gasteiger partial charge in [-0.15, -0.1) is 11.3 Å². The first-order valence-electron chi connectivity index (χ1n) is 5.41. The van der Waals surface area contributed by atoms with Crippen LogP contribution in [0.1, 0.15) is 20.9 Å². The number of aryl methyl sites for hydroxylation is 2. The maximum atomic E-state index is 9.28. The van der Waals surface area contributed by atoms with E-state index >= 15 is 0 Å². The van der Waals surface area contributed by atoms with Crippen LogP contribution in [0.25, 0.3) is 10.6 Å². The van der Waals surface area contributed by atoms with E-state index in [9.17, 15) is 5.26 Å². The van der Waals surface area contributed by atoms with Crippen LogP contribution in [0, 0.1) is 25.2 Å². The van der Waals surface area contributed by atoms with Gasteiger partial charge in [0.05, 0.1) is 10.6 Å². The number of nitriles is 1. The van der Waals surface area contributed by atoms with Crippen molar-refractivity contribution in [1.29, 1.82) is 5.26 Å². The summed E-state index contributed by atoms with van der Waals surface area (Å²) >= 11 is 7.94. The molecule has 2 rings (SSSR count). The van der Waals surface area contributed by atoms with Crippen molar-refractivity contribution >= 4 is 33.5 Å². The lowest BCUT2D eigenvalue weighted by molar-refractivity contribution is 1.32. The first kappa shape index (κ1) is 12.8. The summed E-state index contributed by atoms with van der Waals surface area (Å²) in [4.78, 5) is 6.09. The molecule has 0 bridgehead atoms. The molecule has 0 aliphatic carbocycles. The fourth-order valence-electron chi connectivity index (χ4n) is 1.56. The molecule has 2 nitrogen and oxygen atoms in total. The van der Waals surface area contributed by atoms with E-state index in [2.05, 4.69) is 11.1 Å². The Morgan fingerprint density at radius 1 is 1.33 bits per heavy atom. The van der Waals surface area contributed by atoms with E-state index in [1.165, 1.54) is 10.4 Å². The van der Waals surface area contributed by atoms with Gasteiger partial charge in [0.15, 0.2) is 0 Å². The third-order valence-corrected chi connectivity index (χ3v) is 4.36. The van der Waals surface area contributed by atoms with E-state index in [1.54, 1.807) is 35.9 Å². The van der Waals surface area contributed by atoms with Gasteiger partial charge in [0.2, 0.25) is 0 Å². The second-order valence-corrected chi connectivity index (χ2v) is 5.52. The lowest BCUT2D eigenvalue weighted by Crippen LogP contribution is -1.84. The van der Waals surface area contributed by atoms with Crippen LogP contribution in [-0.2, 0) is 0 Å². The molecule has 0 saturated carbocycles. The maximum absolute atomic E-state index is 9.28. The fraction of sp³-hybridized carbons (Fsp3) is 0.143. The molecule has 2 aromatic rings. The Balaban J connectivity index is 2.55. The zero-order valence-electron chi connectivity index (χ0n) is 10.1. The average Bonchev–Trinajstić information content (AvgIpc) is 2.72. The minimum absolute atomic E-state index is 0.486. The Bertz CT molecular complexity index is 616. The molecule has 0 aliphatic rings. The van der Waals surface area contributed by atoms with Crippen LogP contribution in [0.3, 0.4) is 0 Å². The molecule has 18 heavy (non-hydrogen) atoms. The Morgan fingerprint density at radius 2 is 2.00 bits per heavy atom. The summed E-state index contributed by atoms with van der Waals surface area (Å²) in [7, 11) is 0. The van der Waals surface area contributed by atoms with E-state index in [1.807, 2.05) is 19.9 Å². The van der Waals surface area contributed by atoms with Crippen LogP contribution in [-0.4, -0.2) is 4.98 Å². The third-order valence-electron chi connectivity index (χ3n) is 2.68. The lowest BCUT2D eigenvalue weighted by Gasteiger charge is -2.01. The predicted molar refractivity (Wildman–Crippen MR) is 76.3 cm³/mol. The van der Waals surface area contributed by atoms with E-state index in [0.717, 1.165) is 10.4 Å². The summed E-state index contributed by atoms with van der Waals surface area (Å²) in [5, 5.41) is 9.78. The summed E-state index contributed by atoms with van der Waals surface area (Å²) in [5.41, 5.74) is 2.47. The van der Waals surface area contributed by atoms with Crippen molar-refractivity contribution in [3.05, 3.63) is 51.5 Å². The van der Waals surface area contributed by atoms with Crippen LogP contribution in [0.5, 0.6) is 0 Å². The Labute approximate surface area is 115 Å². The summed E-state index contributed by atoms with van der Waals surface area (Å²) < 4.78 is 0. The zero-order chi connectivity index (χ0) is 13.1. The second-order valence-electron chi connectivity index (χ2n) is 3.89. The number of hydrogen-bond donors (Lipinski definition) is 0. The molecule has 0 saturated heterocycles. The molecule has 90 valence electrons. The van der Waals surface area contributed by atoms with Crippen LogP contribution < -0.4 is 0 Å². The second kappa shape index (κ2) is 5.34. The first-order valence-corrected chi connectivity index (χ1v) is 6.60. The van der Waals surface area contributed by atoms with Gasteiger partial charge in [-0.2, -0.15) is 5.26 Å². The molecule has 0 N–H and O–H groups in total. The molecule has 0 atom stereocenters. The smallest absolute Gasteiger partial charge is 0.101 e. The number of allylic oxidation sites excluding steroid dienone is 1. The van der Waals surface area contributed by atoms with Gasteiger partial charge in [0.25, 0.3) is 0 Å². The van der Waals surface area contributed by atoms with Gasteiger partial charge in [-0.25, -0.2) is 0 Å². The highest BCUT2D eigenvalue weighted by Gasteiger charge is 2.12. The van der Waals surface area contributed by atoms with Gasteiger partial charge in [0, 0.05) is 22.1 Å². The highest BCUT2D eigenvalue weighted by Crippen LogP contribution is 2.34. The molecule has 0 fully saturated rings. The maximum Gasteiger partial charge on any atom is 0.101 e. The van der Waals surface area contributed by atoms with Crippen molar-refractivity contribution in [3.8, 4) is 6.07 Å². The minimum Gasteiger partial charge on any atom is -0.265 e. The monoisotopic (exact) mass is 274 g/mol. The molecule has 2 heterocycles. The molecular weight excluding hydrogens is 264 g/mol. The highest BCUT2D eigenvalue weighted by molar-refractivity contribution is 7.14. The molecule has 0 aliphatic heterocycles.